The fourth-order valence-electron chi connectivity index (χ4n) is 1.90. The minimum Gasteiger partial charge on any atom is -0.478 e. The standard InChI is InChI=1S/C13H18N2O5/c1-4-14(8-13(2,3)18)10-6-5-9(12(16)17)7-11(10)15(19)20/h5-7,18H,4,8H2,1-3H3,(H,16,17). The Bertz CT molecular complexity index is 522. The van der Waals surface area contributed by atoms with Crippen molar-refractivity contribution in [3.63, 3.8) is 0 Å². The average Bonchev–Trinajstić information content (AvgIpc) is 2.34. The van der Waals surface area contributed by atoms with Crippen LogP contribution in [0.25, 0.3) is 0 Å². The predicted octanol–water partition coefficient (Wildman–Crippen LogP) is 1.89. The molecule has 0 spiro atoms. The first-order valence-corrected chi connectivity index (χ1v) is 6.14. The number of nitro groups is 1. The van der Waals surface area contributed by atoms with Gasteiger partial charge in [0.1, 0.15) is 5.69 Å². The van der Waals surface area contributed by atoms with Crippen molar-refractivity contribution in [1.29, 1.82) is 0 Å². The van der Waals surface area contributed by atoms with Crippen LogP contribution >= 0.6 is 0 Å². The van der Waals surface area contributed by atoms with Crippen molar-refractivity contribution in [3.8, 4) is 0 Å². The molecular formula is C13H18N2O5. The number of hydrogen-bond donors (Lipinski definition) is 2. The number of rotatable bonds is 6. The van der Waals surface area contributed by atoms with Gasteiger partial charge in [0.15, 0.2) is 0 Å². The first-order valence-electron chi connectivity index (χ1n) is 6.14. The van der Waals surface area contributed by atoms with Crippen molar-refractivity contribution >= 4 is 17.3 Å². The van der Waals surface area contributed by atoms with Gasteiger partial charge in [-0.2, -0.15) is 0 Å². The largest absolute Gasteiger partial charge is 0.478 e. The van der Waals surface area contributed by atoms with Crippen LogP contribution in [0.3, 0.4) is 0 Å². The van der Waals surface area contributed by atoms with Gasteiger partial charge in [-0.15, -0.1) is 0 Å². The molecule has 0 saturated heterocycles. The van der Waals surface area contributed by atoms with Crippen molar-refractivity contribution in [2.45, 2.75) is 26.4 Å². The minimum atomic E-state index is -1.22. The number of benzene rings is 1. The van der Waals surface area contributed by atoms with Gasteiger partial charge in [0, 0.05) is 19.2 Å². The van der Waals surface area contributed by atoms with Crippen LogP contribution < -0.4 is 4.90 Å². The number of hydrogen-bond acceptors (Lipinski definition) is 5. The molecule has 7 heteroatoms. The summed E-state index contributed by atoms with van der Waals surface area (Å²) in [6, 6.07) is 3.75. The molecule has 1 rings (SSSR count). The Labute approximate surface area is 116 Å². The van der Waals surface area contributed by atoms with Gasteiger partial charge < -0.3 is 15.1 Å². The molecule has 0 heterocycles. The van der Waals surface area contributed by atoms with Gasteiger partial charge in [-0.1, -0.05) is 0 Å². The number of aliphatic hydroxyl groups is 1. The van der Waals surface area contributed by atoms with E-state index >= 15 is 0 Å². The van der Waals surface area contributed by atoms with Crippen LogP contribution in [0.15, 0.2) is 18.2 Å². The fourth-order valence-corrected chi connectivity index (χ4v) is 1.90. The second-order valence-electron chi connectivity index (χ2n) is 5.09. The third kappa shape index (κ3) is 3.92. The van der Waals surface area contributed by atoms with E-state index in [-0.39, 0.29) is 17.8 Å². The van der Waals surface area contributed by atoms with Gasteiger partial charge in [-0.25, -0.2) is 4.79 Å². The SMILES string of the molecule is CCN(CC(C)(C)O)c1ccc(C(=O)O)cc1[N+](=O)[O-]. The van der Waals surface area contributed by atoms with E-state index in [2.05, 4.69) is 0 Å². The van der Waals surface area contributed by atoms with E-state index in [1.165, 1.54) is 12.1 Å². The molecule has 0 aliphatic heterocycles. The van der Waals surface area contributed by atoms with Crippen molar-refractivity contribution in [3.05, 3.63) is 33.9 Å². The Hall–Kier alpha value is -2.15. The third-order valence-corrected chi connectivity index (χ3v) is 2.72. The summed E-state index contributed by atoms with van der Waals surface area (Å²) in [5, 5.41) is 29.8. The molecule has 0 fully saturated rings. The van der Waals surface area contributed by atoms with E-state index in [1.54, 1.807) is 25.7 Å². The topological polar surface area (TPSA) is 104 Å². The van der Waals surface area contributed by atoms with E-state index in [9.17, 15) is 20.0 Å². The smallest absolute Gasteiger partial charge is 0.335 e. The van der Waals surface area contributed by atoms with Gasteiger partial charge in [-0.3, -0.25) is 10.1 Å². The summed E-state index contributed by atoms with van der Waals surface area (Å²) in [5.41, 5.74) is -1.14. The number of carboxylic acids is 1. The van der Waals surface area contributed by atoms with Gasteiger partial charge in [0.2, 0.25) is 0 Å². The van der Waals surface area contributed by atoms with Crippen LogP contribution in [0.5, 0.6) is 0 Å². The van der Waals surface area contributed by atoms with Crippen LogP contribution in [0.1, 0.15) is 31.1 Å². The zero-order chi connectivity index (χ0) is 15.5. The molecule has 0 saturated carbocycles. The minimum absolute atomic E-state index is 0.139. The molecule has 0 bridgehead atoms. The Morgan fingerprint density at radius 1 is 1.45 bits per heavy atom. The molecule has 1 aromatic carbocycles. The van der Waals surface area contributed by atoms with Crippen LogP contribution in [-0.2, 0) is 0 Å². The molecule has 1 aromatic rings. The molecule has 0 aliphatic carbocycles. The molecule has 0 aromatic heterocycles. The fraction of sp³-hybridized carbons (Fsp3) is 0.462. The summed E-state index contributed by atoms with van der Waals surface area (Å²) in [7, 11) is 0. The zero-order valence-corrected chi connectivity index (χ0v) is 11.7. The number of nitrogens with zero attached hydrogens (tertiary/aromatic N) is 2. The molecule has 110 valence electrons. The number of carbonyl (C=O) groups is 1. The first kappa shape index (κ1) is 15.9. The Morgan fingerprint density at radius 2 is 2.05 bits per heavy atom. The number of anilines is 1. The van der Waals surface area contributed by atoms with Crippen LogP contribution in [0, 0.1) is 10.1 Å². The maximum atomic E-state index is 11.1. The molecule has 0 radical (unpaired) electrons. The van der Waals surface area contributed by atoms with Crippen LogP contribution in [-0.4, -0.2) is 39.8 Å². The second kappa shape index (κ2) is 5.87. The summed E-state index contributed by atoms with van der Waals surface area (Å²) < 4.78 is 0. The Balaban J connectivity index is 3.28. The van der Waals surface area contributed by atoms with E-state index in [4.69, 9.17) is 5.11 Å². The molecule has 7 nitrogen and oxygen atoms in total. The van der Waals surface area contributed by atoms with E-state index in [0.29, 0.717) is 12.2 Å². The van der Waals surface area contributed by atoms with Crippen molar-refractivity contribution in [2.24, 2.45) is 0 Å². The lowest BCUT2D eigenvalue weighted by molar-refractivity contribution is -0.384. The quantitative estimate of drug-likeness (QED) is 0.610. The molecule has 20 heavy (non-hydrogen) atoms. The summed E-state index contributed by atoms with van der Waals surface area (Å²) in [6.45, 7) is 5.68. The lowest BCUT2D eigenvalue weighted by atomic mass is 10.1. The van der Waals surface area contributed by atoms with Gasteiger partial charge in [0.25, 0.3) is 5.69 Å². The number of aromatic carboxylic acids is 1. The maximum absolute atomic E-state index is 11.1. The monoisotopic (exact) mass is 282 g/mol. The Kier molecular flexibility index (Phi) is 4.67. The zero-order valence-electron chi connectivity index (χ0n) is 11.7. The molecule has 0 aliphatic rings. The Morgan fingerprint density at radius 3 is 2.45 bits per heavy atom. The highest BCUT2D eigenvalue weighted by atomic mass is 16.6. The normalized spacial score (nSPS) is 11.2. The van der Waals surface area contributed by atoms with Crippen molar-refractivity contribution in [2.75, 3.05) is 18.0 Å². The van der Waals surface area contributed by atoms with Crippen LogP contribution in [0.4, 0.5) is 11.4 Å². The van der Waals surface area contributed by atoms with Gasteiger partial charge >= 0.3 is 5.97 Å². The summed E-state index contributed by atoms with van der Waals surface area (Å²) in [5.74, 6) is -1.22. The summed E-state index contributed by atoms with van der Waals surface area (Å²) in [4.78, 5) is 23.0. The highest BCUT2D eigenvalue weighted by Gasteiger charge is 2.25. The lowest BCUT2D eigenvalue weighted by Crippen LogP contribution is -2.38. The highest BCUT2D eigenvalue weighted by Crippen LogP contribution is 2.30. The maximum Gasteiger partial charge on any atom is 0.335 e. The summed E-state index contributed by atoms with van der Waals surface area (Å²) in [6.07, 6.45) is 0. The number of nitro benzene ring substituents is 1. The van der Waals surface area contributed by atoms with Crippen molar-refractivity contribution < 1.29 is 19.9 Å². The van der Waals surface area contributed by atoms with E-state index < -0.39 is 16.5 Å². The third-order valence-electron chi connectivity index (χ3n) is 2.72. The van der Waals surface area contributed by atoms with Gasteiger partial charge in [0.05, 0.1) is 16.1 Å². The molecular weight excluding hydrogens is 264 g/mol. The van der Waals surface area contributed by atoms with E-state index in [1.807, 2.05) is 0 Å². The molecule has 0 amide bonds. The molecule has 0 atom stereocenters. The number of likely N-dealkylation sites (N-methyl/N-ethyl adjacent to an activating group) is 1. The van der Waals surface area contributed by atoms with E-state index in [0.717, 1.165) is 6.07 Å². The highest BCUT2D eigenvalue weighted by molar-refractivity contribution is 5.89. The average molecular weight is 282 g/mol. The second-order valence-corrected chi connectivity index (χ2v) is 5.09. The molecule has 0 unspecified atom stereocenters. The van der Waals surface area contributed by atoms with Crippen LogP contribution in [0.2, 0.25) is 0 Å². The summed E-state index contributed by atoms with van der Waals surface area (Å²) >= 11 is 0. The van der Waals surface area contributed by atoms with Crippen molar-refractivity contribution in [1.82, 2.24) is 0 Å². The number of carboxylic acid groups (broad SMARTS) is 1. The first-order chi connectivity index (χ1) is 9.15. The predicted molar refractivity (Wildman–Crippen MR) is 74.2 cm³/mol. The van der Waals surface area contributed by atoms with Gasteiger partial charge in [-0.05, 0) is 32.9 Å². The lowest BCUT2D eigenvalue weighted by Gasteiger charge is -2.29. The molecule has 2 N–H and O–H groups in total.